The Morgan fingerprint density at radius 1 is 0.938 bits per heavy atom. The molecule has 32 heavy (non-hydrogen) atoms. The van der Waals surface area contributed by atoms with E-state index in [2.05, 4.69) is 0 Å². The largest absolute Gasteiger partial charge is 0.467 e. The van der Waals surface area contributed by atoms with E-state index in [1.807, 2.05) is 0 Å². The van der Waals surface area contributed by atoms with E-state index in [0.717, 1.165) is 0 Å². The first-order valence-corrected chi connectivity index (χ1v) is 11.4. The molecule has 4 aromatic rings. The molecule has 0 N–H and O–H groups in total. The molecule has 2 aromatic carbocycles. The topological polar surface area (TPSA) is 80.7 Å². The molecule has 0 unspecified atom stereocenters. The second-order valence-corrected chi connectivity index (χ2v) is 9.23. The van der Waals surface area contributed by atoms with Crippen LogP contribution in [-0.2, 0) is 22.9 Å². The van der Waals surface area contributed by atoms with Gasteiger partial charge in [0.15, 0.2) is 5.76 Å². The standard InChI is InChI=1S/C23H17ClFNO5S/c24-17-7-9-19(10-8-17)32(28,29)22-12-11-21(31-22)23(27)26(15-18-5-3-13-30-18)14-16-4-1-2-6-20(16)25/h1-13H,14-15H2. The fraction of sp³-hybridized carbons (Fsp3) is 0.0870. The molecule has 0 aliphatic heterocycles. The second-order valence-electron chi connectivity index (χ2n) is 6.91. The quantitative estimate of drug-likeness (QED) is 0.362. The molecule has 0 radical (unpaired) electrons. The zero-order valence-corrected chi connectivity index (χ0v) is 18.1. The van der Waals surface area contributed by atoms with Gasteiger partial charge in [-0.2, -0.15) is 0 Å². The Kier molecular flexibility index (Phi) is 6.16. The lowest BCUT2D eigenvalue weighted by Crippen LogP contribution is -2.30. The lowest BCUT2D eigenvalue weighted by molar-refractivity contribution is 0.0677. The van der Waals surface area contributed by atoms with Crippen LogP contribution in [-0.4, -0.2) is 19.2 Å². The van der Waals surface area contributed by atoms with Gasteiger partial charge in [0, 0.05) is 17.1 Å². The van der Waals surface area contributed by atoms with Gasteiger partial charge < -0.3 is 13.7 Å². The summed E-state index contributed by atoms with van der Waals surface area (Å²) >= 11 is 5.82. The second kappa shape index (κ2) is 9.02. The number of carbonyl (C=O) groups excluding carboxylic acids is 1. The Bertz CT molecular complexity index is 1330. The highest BCUT2D eigenvalue weighted by Gasteiger charge is 2.26. The smallest absolute Gasteiger partial charge is 0.290 e. The van der Waals surface area contributed by atoms with Crippen molar-refractivity contribution in [3.05, 3.63) is 107 Å². The highest BCUT2D eigenvalue weighted by atomic mass is 35.5. The zero-order chi connectivity index (χ0) is 22.7. The fourth-order valence-electron chi connectivity index (χ4n) is 3.09. The number of furan rings is 2. The molecule has 0 bridgehead atoms. The van der Waals surface area contributed by atoms with Crippen LogP contribution in [0.15, 0.2) is 97.9 Å². The molecule has 6 nitrogen and oxygen atoms in total. The maximum Gasteiger partial charge on any atom is 0.290 e. The Balaban J connectivity index is 1.63. The number of amides is 1. The van der Waals surface area contributed by atoms with Crippen molar-refractivity contribution in [2.75, 3.05) is 0 Å². The number of carbonyl (C=O) groups is 1. The number of benzene rings is 2. The van der Waals surface area contributed by atoms with Crippen LogP contribution in [0.5, 0.6) is 0 Å². The van der Waals surface area contributed by atoms with E-state index >= 15 is 0 Å². The van der Waals surface area contributed by atoms with Crippen molar-refractivity contribution in [2.45, 2.75) is 23.1 Å². The third kappa shape index (κ3) is 4.61. The Labute approximate surface area is 188 Å². The SMILES string of the molecule is O=C(c1ccc(S(=O)(=O)c2ccc(Cl)cc2)o1)N(Cc1ccco1)Cc1ccccc1F. The van der Waals surface area contributed by atoms with Gasteiger partial charge in [-0.25, -0.2) is 12.8 Å². The molecule has 0 fully saturated rings. The Hall–Kier alpha value is -3.36. The van der Waals surface area contributed by atoms with Crippen LogP contribution >= 0.6 is 11.6 Å². The molecule has 2 aromatic heterocycles. The molecule has 2 heterocycles. The van der Waals surface area contributed by atoms with Crippen molar-refractivity contribution in [1.82, 2.24) is 4.90 Å². The molecule has 164 valence electrons. The van der Waals surface area contributed by atoms with E-state index in [1.165, 1.54) is 53.6 Å². The van der Waals surface area contributed by atoms with Crippen LogP contribution in [0.25, 0.3) is 0 Å². The highest BCUT2D eigenvalue weighted by molar-refractivity contribution is 7.91. The van der Waals surface area contributed by atoms with Gasteiger partial charge in [-0.05, 0) is 54.6 Å². The number of nitrogens with zero attached hydrogens (tertiary/aromatic N) is 1. The Morgan fingerprint density at radius 2 is 1.69 bits per heavy atom. The van der Waals surface area contributed by atoms with Crippen molar-refractivity contribution in [2.24, 2.45) is 0 Å². The molecule has 0 spiro atoms. The van der Waals surface area contributed by atoms with Crippen LogP contribution in [0.3, 0.4) is 0 Å². The van der Waals surface area contributed by atoms with Crippen molar-refractivity contribution in [3.8, 4) is 0 Å². The molecule has 1 amide bonds. The van der Waals surface area contributed by atoms with Gasteiger partial charge in [0.2, 0.25) is 14.9 Å². The van der Waals surface area contributed by atoms with Crippen LogP contribution in [0.2, 0.25) is 5.02 Å². The minimum absolute atomic E-state index is 0.0194. The number of hydrogen-bond donors (Lipinski definition) is 0. The van der Waals surface area contributed by atoms with Crippen molar-refractivity contribution < 1.29 is 26.4 Å². The minimum atomic E-state index is -3.98. The summed E-state index contributed by atoms with van der Waals surface area (Å²) in [6.45, 7) is -0.0215. The van der Waals surface area contributed by atoms with Gasteiger partial charge in [0.05, 0.1) is 17.7 Å². The van der Waals surface area contributed by atoms with E-state index in [4.69, 9.17) is 20.4 Å². The molecular formula is C23H17ClFNO5S. The van der Waals surface area contributed by atoms with E-state index in [0.29, 0.717) is 16.3 Å². The fourth-order valence-corrected chi connectivity index (χ4v) is 4.39. The maximum absolute atomic E-state index is 14.2. The predicted octanol–water partition coefficient (Wildman–Crippen LogP) is 5.34. The van der Waals surface area contributed by atoms with Gasteiger partial charge in [0.25, 0.3) is 5.91 Å². The number of sulfone groups is 1. The first-order valence-electron chi connectivity index (χ1n) is 9.50. The predicted molar refractivity (Wildman–Crippen MR) is 114 cm³/mol. The van der Waals surface area contributed by atoms with E-state index in [9.17, 15) is 17.6 Å². The monoisotopic (exact) mass is 473 g/mol. The van der Waals surface area contributed by atoms with Crippen LogP contribution in [0.1, 0.15) is 21.9 Å². The average Bonchev–Trinajstić information content (AvgIpc) is 3.47. The van der Waals surface area contributed by atoms with Crippen molar-refractivity contribution in [1.29, 1.82) is 0 Å². The van der Waals surface area contributed by atoms with Gasteiger partial charge >= 0.3 is 0 Å². The highest BCUT2D eigenvalue weighted by Crippen LogP contribution is 2.25. The van der Waals surface area contributed by atoms with Crippen molar-refractivity contribution in [3.63, 3.8) is 0 Å². The summed E-state index contributed by atoms with van der Waals surface area (Å²) < 4.78 is 50.6. The molecule has 0 saturated heterocycles. The lowest BCUT2D eigenvalue weighted by Gasteiger charge is -2.21. The average molecular weight is 474 g/mol. The normalized spacial score (nSPS) is 11.4. The summed E-state index contributed by atoms with van der Waals surface area (Å²) in [5, 5.41) is 0.00740. The summed E-state index contributed by atoms with van der Waals surface area (Å²) in [7, 11) is -3.98. The number of rotatable bonds is 7. The molecular weight excluding hydrogens is 457 g/mol. The van der Waals surface area contributed by atoms with Crippen LogP contribution in [0.4, 0.5) is 4.39 Å². The van der Waals surface area contributed by atoms with E-state index in [-0.39, 0.29) is 28.8 Å². The molecule has 9 heteroatoms. The van der Waals surface area contributed by atoms with E-state index < -0.39 is 21.6 Å². The Morgan fingerprint density at radius 3 is 2.38 bits per heavy atom. The third-order valence-corrected chi connectivity index (χ3v) is 6.61. The summed E-state index contributed by atoms with van der Waals surface area (Å²) in [6, 6.07) is 17.5. The first kappa shape index (κ1) is 21.9. The van der Waals surface area contributed by atoms with Crippen LogP contribution in [0, 0.1) is 5.82 Å². The van der Waals surface area contributed by atoms with Crippen molar-refractivity contribution >= 4 is 27.3 Å². The summed E-state index contributed by atoms with van der Waals surface area (Å²) in [5.41, 5.74) is 0.299. The van der Waals surface area contributed by atoms with Gasteiger partial charge in [-0.3, -0.25) is 4.79 Å². The minimum Gasteiger partial charge on any atom is -0.467 e. The van der Waals surface area contributed by atoms with Gasteiger partial charge in [-0.1, -0.05) is 29.8 Å². The molecule has 4 rings (SSSR count). The first-order chi connectivity index (χ1) is 15.3. The van der Waals surface area contributed by atoms with E-state index in [1.54, 1.807) is 30.3 Å². The van der Waals surface area contributed by atoms with Gasteiger partial charge in [-0.15, -0.1) is 0 Å². The lowest BCUT2D eigenvalue weighted by atomic mass is 10.2. The molecule has 0 aliphatic rings. The maximum atomic E-state index is 14.2. The third-order valence-electron chi connectivity index (χ3n) is 4.71. The number of halogens is 2. The molecule has 0 aliphatic carbocycles. The molecule has 0 saturated carbocycles. The molecule has 0 atom stereocenters. The zero-order valence-electron chi connectivity index (χ0n) is 16.6. The number of hydrogen-bond acceptors (Lipinski definition) is 5. The summed E-state index contributed by atoms with van der Waals surface area (Å²) in [6.07, 6.45) is 1.46. The summed E-state index contributed by atoms with van der Waals surface area (Å²) in [4.78, 5) is 14.5. The summed E-state index contributed by atoms with van der Waals surface area (Å²) in [5.74, 6) is -0.784. The van der Waals surface area contributed by atoms with Gasteiger partial charge in [0.1, 0.15) is 11.6 Å². The van der Waals surface area contributed by atoms with Crippen LogP contribution < -0.4 is 0 Å².